The van der Waals surface area contributed by atoms with Crippen LogP contribution in [0.5, 0.6) is 5.88 Å². The zero-order chi connectivity index (χ0) is 17.8. The van der Waals surface area contributed by atoms with Gasteiger partial charge in [-0.3, -0.25) is 9.78 Å². The molecule has 1 amide bonds. The molecule has 0 aliphatic heterocycles. The first-order chi connectivity index (χ1) is 12.1. The average Bonchev–Trinajstić information content (AvgIpc) is 2.64. The van der Waals surface area contributed by atoms with E-state index in [2.05, 4.69) is 15.3 Å². The number of rotatable bonds is 6. The van der Waals surface area contributed by atoms with Gasteiger partial charge < -0.3 is 20.3 Å². The highest BCUT2D eigenvalue weighted by molar-refractivity contribution is 5.92. The van der Waals surface area contributed by atoms with Crippen LogP contribution in [0.15, 0.2) is 36.7 Å². The van der Waals surface area contributed by atoms with Crippen LogP contribution < -0.4 is 10.1 Å². The first kappa shape index (κ1) is 17.3. The maximum Gasteiger partial charge on any atom is 0.270 e. The van der Waals surface area contributed by atoms with Gasteiger partial charge in [-0.05, 0) is 42.0 Å². The van der Waals surface area contributed by atoms with Gasteiger partial charge in [0.15, 0.2) is 0 Å². The van der Waals surface area contributed by atoms with Crippen LogP contribution in [0.2, 0.25) is 0 Å². The number of carbonyl (C=O) groups is 1. The van der Waals surface area contributed by atoms with Crippen molar-refractivity contribution >= 4 is 5.91 Å². The van der Waals surface area contributed by atoms with Gasteiger partial charge in [0.25, 0.3) is 5.91 Å². The minimum absolute atomic E-state index is 0.134. The summed E-state index contributed by atoms with van der Waals surface area (Å²) in [6.07, 6.45) is 4.09. The van der Waals surface area contributed by atoms with Crippen molar-refractivity contribution in [1.29, 1.82) is 0 Å². The summed E-state index contributed by atoms with van der Waals surface area (Å²) in [6.45, 7) is -0.149. The molecule has 7 nitrogen and oxygen atoms in total. The van der Waals surface area contributed by atoms with Crippen molar-refractivity contribution in [1.82, 2.24) is 15.3 Å². The van der Waals surface area contributed by atoms with Gasteiger partial charge >= 0.3 is 0 Å². The molecule has 0 aromatic carbocycles. The number of hydrogen-bond donors (Lipinski definition) is 3. The Hall–Kier alpha value is -2.51. The van der Waals surface area contributed by atoms with E-state index in [1.165, 1.54) is 6.20 Å². The van der Waals surface area contributed by atoms with E-state index in [-0.39, 0.29) is 36.3 Å². The molecule has 0 bridgehead atoms. The lowest BCUT2D eigenvalue weighted by Crippen LogP contribution is -2.41. The molecule has 1 aliphatic carbocycles. The number of aliphatic hydroxyl groups is 2. The third-order valence-corrected chi connectivity index (χ3v) is 4.47. The number of ether oxygens (including phenoxy) is 1. The maximum absolute atomic E-state index is 12.6. The number of pyridine rings is 2. The standard InChI is InChI=1S/C18H21N3O4/c1-25-16-3-2-12(9-20-16)17(13-7-14(23)8-13)21-18(24)15-6-11(10-22)4-5-19-15/h2-6,9,13-14,17,22-23H,7-8,10H2,1H3,(H,21,24). The Balaban J connectivity index is 1.80. The van der Waals surface area contributed by atoms with E-state index in [1.54, 1.807) is 31.5 Å². The van der Waals surface area contributed by atoms with Crippen LogP contribution >= 0.6 is 0 Å². The molecule has 3 rings (SSSR count). The Kier molecular flexibility index (Phi) is 5.25. The van der Waals surface area contributed by atoms with Crippen LogP contribution in [0, 0.1) is 5.92 Å². The van der Waals surface area contributed by atoms with E-state index in [0.717, 1.165) is 5.56 Å². The summed E-state index contributed by atoms with van der Waals surface area (Å²) in [5.41, 5.74) is 1.73. The quantitative estimate of drug-likeness (QED) is 0.728. The van der Waals surface area contributed by atoms with Gasteiger partial charge in [0.05, 0.1) is 25.9 Å². The zero-order valence-electron chi connectivity index (χ0n) is 13.9. The van der Waals surface area contributed by atoms with Gasteiger partial charge in [0.1, 0.15) is 5.69 Å². The number of hydrogen-bond acceptors (Lipinski definition) is 6. The molecule has 0 saturated heterocycles. The second-order valence-corrected chi connectivity index (χ2v) is 6.18. The van der Waals surface area contributed by atoms with Crippen LogP contribution in [0.4, 0.5) is 0 Å². The summed E-state index contributed by atoms with van der Waals surface area (Å²) >= 11 is 0. The van der Waals surface area contributed by atoms with Gasteiger partial charge in [-0.25, -0.2) is 4.98 Å². The largest absolute Gasteiger partial charge is 0.481 e. The minimum atomic E-state index is -0.327. The van der Waals surface area contributed by atoms with Crippen LogP contribution in [-0.2, 0) is 6.61 Å². The molecule has 7 heteroatoms. The van der Waals surface area contributed by atoms with Crippen LogP contribution in [0.3, 0.4) is 0 Å². The molecular formula is C18H21N3O4. The molecule has 2 heterocycles. The van der Waals surface area contributed by atoms with Crippen LogP contribution in [-0.4, -0.2) is 39.3 Å². The Morgan fingerprint density at radius 2 is 2.16 bits per heavy atom. The molecule has 132 valence electrons. The molecule has 2 aromatic heterocycles. The number of aliphatic hydroxyl groups excluding tert-OH is 2. The van der Waals surface area contributed by atoms with E-state index >= 15 is 0 Å². The first-order valence-corrected chi connectivity index (χ1v) is 8.15. The van der Waals surface area contributed by atoms with E-state index in [1.807, 2.05) is 6.07 Å². The third kappa shape index (κ3) is 3.94. The topological polar surface area (TPSA) is 105 Å². The van der Waals surface area contributed by atoms with Gasteiger partial charge in [0, 0.05) is 18.5 Å². The summed E-state index contributed by atoms with van der Waals surface area (Å²) in [5, 5.41) is 21.8. The first-order valence-electron chi connectivity index (χ1n) is 8.15. The summed E-state index contributed by atoms with van der Waals surface area (Å²) < 4.78 is 5.07. The highest BCUT2D eigenvalue weighted by atomic mass is 16.5. The second kappa shape index (κ2) is 7.58. The minimum Gasteiger partial charge on any atom is -0.481 e. The van der Waals surface area contributed by atoms with Crippen molar-refractivity contribution in [2.75, 3.05) is 7.11 Å². The van der Waals surface area contributed by atoms with Crippen molar-refractivity contribution in [2.45, 2.75) is 31.6 Å². The number of amides is 1. The fraction of sp³-hybridized carbons (Fsp3) is 0.389. The Morgan fingerprint density at radius 1 is 1.36 bits per heavy atom. The van der Waals surface area contributed by atoms with Gasteiger partial charge in [-0.2, -0.15) is 0 Å². The van der Waals surface area contributed by atoms with Crippen molar-refractivity contribution in [3.63, 3.8) is 0 Å². The lowest BCUT2D eigenvalue weighted by molar-refractivity contribution is 0.0234. The van der Waals surface area contributed by atoms with Crippen molar-refractivity contribution in [3.05, 3.63) is 53.5 Å². The fourth-order valence-corrected chi connectivity index (χ4v) is 2.98. The Morgan fingerprint density at radius 3 is 2.76 bits per heavy atom. The number of nitrogens with zero attached hydrogens (tertiary/aromatic N) is 2. The third-order valence-electron chi connectivity index (χ3n) is 4.47. The summed E-state index contributed by atoms with van der Waals surface area (Å²) in [5.74, 6) is 0.312. The van der Waals surface area contributed by atoms with Crippen molar-refractivity contribution in [2.24, 2.45) is 5.92 Å². The number of aromatic nitrogens is 2. The molecule has 1 saturated carbocycles. The molecule has 2 aromatic rings. The lowest BCUT2D eigenvalue weighted by Gasteiger charge is -2.38. The van der Waals surface area contributed by atoms with Gasteiger partial charge in [0.2, 0.25) is 5.88 Å². The molecule has 1 fully saturated rings. The van der Waals surface area contributed by atoms with Crippen LogP contribution in [0.1, 0.15) is 40.5 Å². The molecular weight excluding hydrogens is 322 g/mol. The highest BCUT2D eigenvalue weighted by Gasteiger charge is 2.36. The Labute approximate surface area is 145 Å². The van der Waals surface area contributed by atoms with E-state index in [9.17, 15) is 15.0 Å². The molecule has 1 unspecified atom stereocenters. The Bertz CT molecular complexity index is 729. The summed E-state index contributed by atoms with van der Waals surface area (Å²) in [7, 11) is 1.55. The monoisotopic (exact) mass is 343 g/mol. The normalized spacial score (nSPS) is 20.4. The van der Waals surface area contributed by atoms with E-state index < -0.39 is 0 Å². The smallest absolute Gasteiger partial charge is 0.270 e. The fourth-order valence-electron chi connectivity index (χ4n) is 2.98. The molecule has 3 N–H and O–H groups in total. The molecule has 1 aliphatic rings. The number of carbonyl (C=O) groups excluding carboxylic acids is 1. The van der Waals surface area contributed by atoms with Crippen molar-refractivity contribution < 1.29 is 19.7 Å². The van der Waals surface area contributed by atoms with E-state index in [4.69, 9.17) is 4.74 Å². The van der Waals surface area contributed by atoms with E-state index in [0.29, 0.717) is 24.3 Å². The highest BCUT2D eigenvalue weighted by Crippen LogP contribution is 2.38. The van der Waals surface area contributed by atoms with Crippen molar-refractivity contribution in [3.8, 4) is 5.88 Å². The van der Waals surface area contributed by atoms with Crippen LogP contribution in [0.25, 0.3) is 0 Å². The predicted octanol–water partition coefficient (Wildman–Crippen LogP) is 1.22. The summed E-state index contributed by atoms with van der Waals surface area (Å²) in [4.78, 5) is 20.9. The van der Waals surface area contributed by atoms with Gasteiger partial charge in [-0.1, -0.05) is 6.07 Å². The summed E-state index contributed by atoms with van der Waals surface area (Å²) in [6, 6.07) is 6.56. The lowest BCUT2D eigenvalue weighted by atomic mass is 9.75. The molecule has 1 atom stereocenters. The SMILES string of the molecule is COc1ccc(C(NC(=O)c2cc(CO)ccn2)C2CC(O)C2)cn1. The second-order valence-electron chi connectivity index (χ2n) is 6.18. The average molecular weight is 343 g/mol. The predicted molar refractivity (Wildman–Crippen MR) is 89.9 cm³/mol. The number of methoxy groups -OCH3 is 1. The molecule has 0 spiro atoms. The van der Waals surface area contributed by atoms with Gasteiger partial charge in [-0.15, -0.1) is 0 Å². The molecule has 0 radical (unpaired) electrons. The number of nitrogens with one attached hydrogen (secondary N) is 1. The maximum atomic E-state index is 12.6. The zero-order valence-corrected chi connectivity index (χ0v) is 13.9. The molecule has 25 heavy (non-hydrogen) atoms.